The van der Waals surface area contributed by atoms with Crippen LogP contribution in [0.3, 0.4) is 0 Å². The number of benzene rings is 3. The van der Waals surface area contributed by atoms with Gasteiger partial charge < -0.3 is 14.8 Å². The fourth-order valence-corrected chi connectivity index (χ4v) is 7.08. The second kappa shape index (κ2) is 12.0. The first-order chi connectivity index (χ1) is 18.9. The van der Waals surface area contributed by atoms with Crippen molar-refractivity contribution in [2.45, 2.75) is 30.6 Å². The van der Waals surface area contributed by atoms with Gasteiger partial charge in [0.25, 0.3) is 10.0 Å². The molecule has 4 rings (SSSR count). The standard InChI is InChI=1S/C28H33N3O7S2/c1-20-5-9-24(10-6-20)40(35,36)31(23-8-7-21(2)22(3)17-23)19-28(32)29-26-18-25(11-12-27(26)37-4)39(33,34)30-13-15-38-16-14-30/h5-12,17-18H,13-16,19H2,1-4H3,(H,29,32). The fourth-order valence-electron chi connectivity index (χ4n) is 4.23. The molecule has 0 aromatic heterocycles. The molecule has 1 heterocycles. The molecule has 214 valence electrons. The first kappa shape index (κ1) is 29.5. The summed E-state index contributed by atoms with van der Waals surface area (Å²) in [6.45, 7) is 6.10. The van der Waals surface area contributed by atoms with Gasteiger partial charge in [0, 0.05) is 13.1 Å². The number of morpholine rings is 1. The molecular formula is C28H33N3O7S2. The Hall–Kier alpha value is -3.45. The van der Waals surface area contributed by atoms with Crippen molar-refractivity contribution >= 4 is 37.3 Å². The Morgan fingerprint density at radius 2 is 1.55 bits per heavy atom. The van der Waals surface area contributed by atoms with Crippen molar-refractivity contribution in [2.75, 3.05) is 49.6 Å². The lowest BCUT2D eigenvalue weighted by Gasteiger charge is -2.26. The lowest BCUT2D eigenvalue weighted by Crippen LogP contribution is -2.40. The van der Waals surface area contributed by atoms with E-state index in [1.165, 1.54) is 41.7 Å². The number of aryl methyl sites for hydroxylation is 3. The van der Waals surface area contributed by atoms with E-state index in [0.717, 1.165) is 21.0 Å². The third-order valence-electron chi connectivity index (χ3n) is 6.73. The van der Waals surface area contributed by atoms with Crippen LogP contribution in [0.15, 0.2) is 70.5 Å². The van der Waals surface area contributed by atoms with Gasteiger partial charge in [-0.2, -0.15) is 4.31 Å². The van der Waals surface area contributed by atoms with Crippen molar-refractivity contribution in [3.05, 3.63) is 77.4 Å². The molecule has 1 aliphatic heterocycles. The highest BCUT2D eigenvalue weighted by atomic mass is 32.2. The number of methoxy groups -OCH3 is 1. The minimum Gasteiger partial charge on any atom is -0.495 e. The normalized spacial score (nSPS) is 14.5. The molecule has 1 N–H and O–H groups in total. The van der Waals surface area contributed by atoms with Gasteiger partial charge in [0.15, 0.2) is 0 Å². The smallest absolute Gasteiger partial charge is 0.264 e. The predicted molar refractivity (Wildman–Crippen MR) is 153 cm³/mol. The van der Waals surface area contributed by atoms with Crippen LogP contribution in [0, 0.1) is 20.8 Å². The van der Waals surface area contributed by atoms with E-state index >= 15 is 0 Å². The Kier molecular flexibility index (Phi) is 8.83. The Morgan fingerprint density at radius 1 is 0.900 bits per heavy atom. The third kappa shape index (κ3) is 6.30. The topological polar surface area (TPSA) is 122 Å². The molecular weight excluding hydrogens is 554 g/mol. The van der Waals surface area contributed by atoms with Crippen molar-refractivity contribution in [2.24, 2.45) is 0 Å². The van der Waals surface area contributed by atoms with Crippen LogP contribution in [0.5, 0.6) is 5.75 Å². The molecule has 10 nitrogen and oxygen atoms in total. The number of rotatable bonds is 9. The van der Waals surface area contributed by atoms with Crippen LogP contribution in [0.4, 0.5) is 11.4 Å². The van der Waals surface area contributed by atoms with Crippen LogP contribution in [0.25, 0.3) is 0 Å². The maximum absolute atomic E-state index is 13.7. The summed E-state index contributed by atoms with van der Waals surface area (Å²) in [6.07, 6.45) is 0. The van der Waals surface area contributed by atoms with E-state index in [1.54, 1.807) is 30.3 Å². The van der Waals surface area contributed by atoms with Crippen LogP contribution in [0.2, 0.25) is 0 Å². The maximum Gasteiger partial charge on any atom is 0.264 e. The molecule has 1 fully saturated rings. The largest absolute Gasteiger partial charge is 0.495 e. The molecule has 0 atom stereocenters. The molecule has 0 radical (unpaired) electrons. The van der Waals surface area contributed by atoms with Gasteiger partial charge in [-0.05, 0) is 74.4 Å². The summed E-state index contributed by atoms with van der Waals surface area (Å²) in [5.74, 6) is -0.443. The van der Waals surface area contributed by atoms with Gasteiger partial charge in [-0.3, -0.25) is 9.10 Å². The minimum absolute atomic E-state index is 0.0243. The summed E-state index contributed by atoms with van der Waals surface area (Å²) >= 11 is 0. The second-order valence-electron chi connectivity index (χ2n) is 9.52. The molecule has 0 bridgehead atoms. The van der Waals surface area contributed by atoms with Gasteiger partial charge >= 0.3 is 0 Å². The predicted octanol–water partition coefficient (Wildman–Crippen LogP) is 3.48. The lowest BCUT2D eigenvalue weighted by molar-refractivity contribution is -0.114. The number of amides is 1. The number of nitrogens with one attached hydrogen (secondary N) is 1. The Bertz CT molecular complexity index is 1600. The van der Waals surface area contributed by atoms with Gasteiger partial charge in [0.05, 0.1) is 41.5 Å². The van der Waals surface area contributed by atoms with Gasteiger partial charge in [-0.15, -0.1) is 0 Å². The highest BCUT2D eigenvalue weighted by Crippen LogP contribution is 2.30. The number of hydrogen-bond donors (Lipinski definition) is 1. The van der Waals surface area contributed by atoms with Gasteiger partial charge in [-0.25, -0.2) is 16.8 Å². The quantitative estimate of drug-likeness (QED) is 0.407. The first-order valence-corrected chi connectivity index (χ1v) is 15.5. The van der Waals surface area contributed by atoms with Gasteiger partial charge in [0.2, 0.25) is 15.9 Å². The van der Waals surface area contributed by atoms with E-state index in [4.69, 9.17) is 9.47 Å². The summed E-state index contributed by atoms with van der Waals surface area (Å²) in [5, 5.41) is 2.66. The number of sulfonamides is 2. The Labute approximate surface area is 235 Å². The van der Waals surface area contributed by atoms with E-state index in [0.29, 0.717) is 18.9 Å². The number of carbonyl (C=O) groups excluding carboxylic acids is 1. The first-order valence-electron chi connectivity index (χ1n) is 12.7. The van der Waals surface area contributed by atoms with Gasteiger partial charge in [-0.1, -0.05) is 23.8 Å². The summed E-state index contributed by atoms with van der Waals surface area (Å²) in [6, 6.07) is 15.7. The second-order valence-corrected chi connectivity index (χ2v) is 13.3. The molecule has 1 aliphatic rings. The average Bonchev–Trinajstić information content (AvgIpc) is 2.94. The summed E-state index contributed by atoms with van der Waals surface area (Å²) in [4.78, 5) is 13.4. The van der Waals surface area contributed by atoms with Crippen molar-refractivity contribution in [3.8, 4) is 5.75 Å². The zero-order valence-electron chi connectivity index (χ0n) is 22.9. The minimum atomic E-state index is -4.12. The van der Waals surface area contributed by atoms with Crippen molar-refractivity contribution in [1.82, 2.24) is 4.31 Å². The molecule has 3 aromatic rings. The summed E-state index contributed by atoms with van der Waals surface area (Å²) in [7, 11) is -6.57. The molecule has 40 heavy (non-hydrogen) atoms. The average molecular weight is 588 g/mol. The van der Waals surface area contributed by atoms with Crippen LogP contribution in [0.1, 0.15) is 16.7 Å². The highest BCUT2D eigenvalue weighted by molar-refractivity contribution is 7.92. The molecule has 3 aromatic carbocycles. The van der Waals surface area contributed by atoms with Crippen molar-refractivity contribution in [1.29, 1.82) is 0 Å². The molecule has 1 amide bonds. The SMILES string of the molecule is COc1ccc(S(=O)(=O)N2CCOCC2)cc1NC(=O)CN(c1ccc(C)c(C)c1)S(=O)(=O)c1ccc(C)cc1. The van der Waals surface area contributed by atoms with Crippen molar-refractivity contribution in [3.63, 3.8) is 0 Å². The molecule has 0 unspecified atom stereocenters. The molecule has 0 saturated carbocycles. The zero-order valence-corrected chi connectivity index (χ0v) is 24.5. The molecule has 1 saturated heterocycles. The third-order valence-corrected chi connectivity index (χ3v) is 10.4. The van der Waals surface area contributed by atoms with Gasteiger partial charge in [0.1, 0.15) is 12.3 Å². The molecule has 0 aliphatic carbocycles. The zero-order chi connectivity index (χ0) is 29.1. The fraction of sp³-hybridized carbons (Fsp3) is 0.321. The molecule has 12 heteroatoms. The number of anilines is 2. The van der Waals surface area contributed by atoms with E-state index < -0.39 is 32.5 Å². The van der Waals surface area contributed by atoms with Crippen LogP contribution in [-0.2, 0) is 29.6 Å². The van der Waals surface area contributed by atoms with E-state index in [1.807, 2.05) is 20.8 Å². The number of carbonyl (C=O) groups is 1. The monoisotopic (exact) mass is 587 g/mol. The van der Waals surface area contributed by atoms with Crippen LogP contribution >= 0.6 is 0 Å². The van der Waals surface area contributed by atoms with Crippen LogP contribution < -0.4 is 14.4 Å². The van der Waals surface area contributed by atoms with E-state index in [9.17, 15) is 21.6 Å². The van der Waals surface area contributed by atoms with E-state index in [-0.39, 0.29) is 34.3 Å². The van der Waals surface area contributed by atoms with Crippen LogP contribution in [-0.4, -0.2) is 67.0 Å². The van der Waals surface area contributed by atoms with Crippen molar-refractivity contribution < 1.29 is 31.1 Å². The number of nitrogens with zero attached hydrogens (tertiary/aromatic N) is 2. The Balaban J connectivity index is 1.67. The lowest BCUT2D eigenvalue weighted by atomic mass is 10.1. The maximum atomic E-state index is 13.7. The van der Waals surface area contributed by atoms with E-state index in [2.05, 4.69) is 5.32 Å². The number of hydrogen-bond acceptors (Lipinski definition) is 7. The molecule has 0 spiro atoms. The summed E-state index contributed by atoms with van der Waals surface area (Å²) in [5.41, 5.74) is 3.17. The highest BCUT2D eigenvalue weighted by Gasteiger charge is 2.30. The number of ether oxygens (including phenoxy) is 2. The Morgan fingerprint density at radius 3 is 2.17 bits per heavy atom. The summed E-state index contributed by atoms with van der Waals surface area (Å²) < 4.78 is 66.8.